The molecular weight excluding hydrogens is 520 g/mol. The van der Waals surface area contributed by atoms with Crippen LogP contribution in [0.25, 0.3) is 5.69 Å². The number of aliphatic hydroxyl groups excluding tert-OH is 2. The second kappa shape index (κ2) is 12.2. The molecule has 1 aromatic heterocycles. The summed E-state index contributed by atoms with van der Waals surface area (Å²) in [5, 5.41) is 40.2. The van der Waals surface area contributed by atoms with Gasteiger partial charge in [-0.25, -0.2) is 4.68 Å². The molecule has 4 atom stereocenters. The third-order valence-corrected chi connectivity index (χ3v) is 6.92. The Balaban J connectivity index is 1.46. The van der Waals surface area contributed by atoms with Crippen molar-refractivity contribution in [2.75, 3.05) is 13.6 Å². The minimum Gasteiger partial charge on any atom is -0.394 e. The van der Waals surface area contributed by atoms with Crippen LogP contribution >= 0.6 is 11.6 Å². The molecule has 2 heterocycles. The molecule has 0 bridgehead atoms. The summed E-state index contributed by atoms with van der Waals surface area (Å²) >= 11 is 6.15. The first-order chi connectivity index (χ1) is 18.7. The van der Waals surface area contributed by atoms with Gasteiger partial charge in [0, 0.05) is 31.0 Å². The van der Waals surface area contributed by atoms with Gasteiger partial charge in [-0.2, -0.15) is 5.10 Å². The highest BCUT2D eigenvalue weighted by molar-refractivity contribution is 6.30. The predicted molar refractivity (Wildman–Crippen MR) is 148 cm³/mol. The monoisotopic (exact) mass is 550 g/mol. The number of nitrogens with one attached hydrogen (secondary N) is 3. The van der Waals surface area contributed by atoms with E-state index >= 15 is 0 Å². The average molecular weight is 551 g/mol. The second-order valence-corrected chi connectivity index (χ2v) is 9.70. The van der Waals surface area contributed by atoms with Crippen molar-refractivity contribution < 1.29 is 19.8 Å². The molecule has 1 unspecified atom stereocenters. The van der Waals surface area contributed by atoms with Crippen LogP contribution in [0.15, 0.2) is 73.2 Å². The number of carbonyl (C=O) groups is 2. The third kappa shape index (κ3) is 6.19. The summed E-state index contributed by atoms with van der Waals surface area (Å²) in [7, 11) is 1.69. The standard InChI is InChI=1S/C28H31ClN6O4/c1-17(18-4-7-21(8-5-18)35-14-3-12-32-35)33-27(38)25(36)26(37)28(39)34-15-11-19-16-20(29)6-9-22(19)24(34)23(30)10-13-31-2/h3-10,12-14,16-17,24-26,30-31,36-37H,11,15H2,1-2H3,(H,33,38)/b13-10-,30-23?/t17-,24?,25-,26-/m1/s1. The SMILES string of the molecule is CN/C=C\C(=N)C1c2ccc(Cl)cc2CCN1C(=O)[C@H](O)[C@@H](O)C(=O)N[C@H](C)c1ccc(-n2cccn2)cc1. The number of amides is 2. The van der Waals surface area contributed by atoms with Crippen molar-refractivity contribution in [2.24, 2.45) is 0 Å². The zero-order valence-electron chi connectivity index (χ0n) is 21.6. The number of aromatic nitrogens is 2. The first-order valence-corrected chi connectivity index (χ1v) is 12.9. The molecule has 3 aromatic rings. The highest BCUT2D eigenvalue weighted by Gasteiger charge is 2.40. The Kier molecular flexibility index (Phi) is 8.80. The number of rotatable bonds is 9. The van der Waals surface area contributed by atoms with E-state index in [0.29, 0.717) is 17.0 Å². The number of hydrogen-bond acceptors (Lipinski definition) is 7. The molecule has 1 aliphatic rings. The molecule has 2 amide bonds. The van der Waals surface area contributed by atoms with Crippen molar-refractivity contribution in [3.05, 3.63) is 94.9 Å². The number of carbonyl (C=O) groups excluding carboxylic acids is 2. The molecule has 2 aromatic carbocycles. The average Bonchev–Trinajstić information content (AvgIpc) is 3.49. The molecule has 0 saturated heterocycles. The second-order valence-electron chi connectivity index (χ2n) is 9.27. The van der Waals surface area contributed by atoms with E-state index in [1.54, 1.807) is 49.2 Å². The molecule has 10 nitrogen and oxygen atoms in total. The molecule has 39 heavy (non-hydrogen) atoms. The molecule has 204 valence electrons. The number of nitrogens with zero attached hydrogens (tertiary/aromatic N) is 3. The van der Waals surface area contributed by atoms with Gasteiger partial charge >= 0.3 is 0 Å². The molecule has 0 saturated carbocycles. The van der Waals surface area contributed by atoms with Gasteiger partial charge in [-0.05, 0) is 72.6 Å². The number of fused-ring (bicyclic) bond motifs is 1. The molecule has 0 aliphatic carbocycles. The maximum absolute atomic E-state index is 13.4. The summed E-state index contributed by atoms with van der Waals surface area (Å²) in [4.78, 5) is 27.5. The first kappa shape index (κ1) is 28.0. The van der Waals surface area contributed by atoms with Gasteiger partial charge in [0.05, 0.1) is 23.5 Å². The lowest BCUT2D eigenvalue weighted by molar-refractivity contribution is -0.154. The topological polar surface area (TPSA) is 144 Å². The molecule has 11 heteroatoms. The lowest BCUT2D eigenvalue weighted by Gasteiger charge is -2.38. The van der Waals surface area contributed by atoms with Gasteiger partial charge in [0.15, 0.2) is 12.2 Å². The van der Waals surface area contributed by atoms with Gasteiger partial charge in [0.25, 0.3) is 11.8 Å². The number of halogens is 1. The van der Waals surface area contributed by atoms with Gasteiger partial charge in [0.2, 0.25) is 0 Å². The Labute approximate surface area is 231 Å². The first-order valence-electron chi connectivity index (χ1n) is 12.5. The van der Waals surface area contributed by atoms with Crippen LogP contribution in [0.3, 0.4) is 0 Å². The van der Waals surface area contributed by atoms with E-state index in [4.69, 9.17) is 17.0 Å². The lowest BCUT2D eigenvalue weighted by atomic mass is 9.89. The quantitative estimate of drug-likeness (QED) is 0.259. The van der Waals surface area contributed by atoms with Crippen molar-refractivity contribution in [3.8, 4) is 5.69 Å². The Hall–Kier alpha value is -3.99. The van der Waals surface area contributed by atoms with Crippen molar-refractivity contribution >= 4 is 29.1 Å². The molecule has 0 radical (unpaired) electrons. The van der Waals surface area contributed by atoms with E-state index in [1.807, 2.05) is 36.5 Å². The third-order valence-electron chi connectivity index (χ3n) is 6.68. The Morgan fingerprint density at radius 1 is 1.18 bits per heavy atom. The van der Waals surface area contributed by atoms with Crippen LogP contribution in [-0.2, 0) is 16.0 Å². The summed E-state index contributed by atoms with van der Waals surface area (Å²) in [6.07, 6.45) is 3.00. The fourth-order valence-electron chi connectivity index (χ4n) is 4.60. The Morgan fingerprint density at radius 3 is 2.59 bits per heavy atom. The van der Waals surface area contributed by atoms with E-state index < -0.39 is 36.1 Å². The molecule has 4 rings (SSSR count). The van der Waals surface area contributed by atoms with Gasteiger partial charge in [0.1, 0.15) is 0 Å². The van der Waals surface area contributed by atoms with E-state index in [0.717, 1.165) is 16.8 Å². The van der Waals surface area contributed by atoms with E-state index in [9.17, 15) is 19.8 Å². The fourth-order valence-corrected chi connectivity index (χ4v) is 4.79. The van der Waals surface area contributed by atoms with Crippen molar-refractivity contribution in [3.63, 3.8) is 0 Å². The zero-order chi connectivity index (χ0) is 28.1. The maximum atomic E-state index is 13.4. The molecular formula is C28H31ClN6O4. The van der Waals surface area contributed by atoms with Crippen LogP contribution in [0.4, 0.5) is 0 Å². The Bertz CT molecular complexity index is 1360. The van der Waals surface area contributed by atoms with Gasteiger partial charge in [-0.1, -0.05) is 29.8 Å². The van der Waals surface area contributed by atoms with Crippen LogP contribution in [0.2, 0.25) is 5.02 Å². The van der Waals surface area contributed by atoms with E-state index in [2.05, 4.69) is 15.7 Å². The minimum atomic E-state index is -2.02. The minimum absolute atomic E-state index is 0.0966. The number of aliphatic hydroxyl groups is 2. The summed E-state index contributed by atoms with van der Waals surface area (Å²) in [5.41, 5.74) is 3.29. The smallest absolute Gasteiger partial charge is 0.255 e. The van der Waals surface area contributed by atoms with Crippen molar-refractivity contribution in [1.29, 1.82) is 5.41 Å². The zero-order valence-corrected chi connectivity index (χ0v) is 22.3. The van der Waals surface area contributed by atoms with Crippen LogP contribution in [0.1, 0.15) is 35.7 Å². The summed E-state index contributed by atoms with van der Waals surface area (Å²) in [6.45, 7) is 1.91. The Morgan fingerprint density at radius 2 is 1.92 bits per heavy atom. The van der Waals surface area contributed by atoms with Gasteiger partial charge in [-0.3, -0.25) is 9.59 Å². The summed E-state index contributed by atoms with van der Waals surface area (Å²) in [5.74, 6) is -1.73. The van der Waals surface area contributed by atoms with E-state index in [-0.39, 0.29) is 12.3 Å². The number of hydrogen-bond donors (Lipinski definition) is 5. The molecule has 5 N–H and O–H groups in total. The normalized spacial score (nSPS) is 17.3. The highest BCUT2D eigenvalue weighted by atomic mass is 35.5. The molecule has 0 fully saturated rings. The largest absolute Gasteiger partial charge is 0.394 e. The number of benzene rings is 2. The molecule has 0 spiro atoms. The maximum Gasteiger partial charge on any atom is 0.255 e. The predicted octanol–water partition coefficient (Wildman–Crippen LogP) is 2.30. The fraction of sp³-hybridized carbons (Fsp3) is 0.286. The van der Waals surface area contributed by atoms with Gasteiger partial charge < -0.3 is 31.2 Å². The summed E-state index contributed by atoms with van der Waals surface area (Å²) < 4.78 is 1.70. The van der Waals surface area contributed by atoms with Crippen molar-refractivity contribution in [1.82, 2.24) is 25.3 Å². The van der Waals surface area contributed by atoms with Crippen molar-refractivity contribution in [2.45, 2.75) is 37.6 Å². The van der Waals surface area contributed by atoms with Crippen LogP contribution in [0.5, 0.6) is 0 Å². The van der Waals surface area contributed by atoms with Gasteiger partial charge in [-0.15, -0.1) is 0 Å². The highest BCUT2D eigenvalue weighted by Crippen LogP contribution is 2.33. The van der Waals surface area contributed by atoms with Crippen LogP contribution in [0, 0.1) is 5.41 Å². The van der Waals surface area contributed by atoms with Crippen LogP contribution in [-0.4, -0.2) is 68.2 Å². The lowest BCUT2D eigenvalue weighted by Crippen LogP contribution is -2.54. The van der Waals surface area contributed by atoms with Crippen LogP contribution < -0.4 is 10.6 Å². The van der Waals surface area contributed by atoms with E-state index in [1.165, 1.54) is 11.0 Å². The molecule has 1 aliphatic heterocycles. The summed E-state index contributed by atoms with van der Waals surface area (Å²) in [6, 6.07) is 13.1.